The summed E-state index contributed by atoms with van der Waals surface area (Å²) in [6, 6.07) is 19.5. The molecule has 1 aliphatic rings. The Balaban J connectivity index is 1.56. The van der Waals surface area contributed by atoms with Crippen molar-refractivity contribution >= 4 is 11.9 Å². The van der Waals surface area contributed by atoms with Crippen LogP contribution in [0.15, 0.2) is 60.7 Å². The third kappa shape index (κ3) is 4.22. The van der Waals surface area contributed by atoms with E-state index < -0.39 is 0 Å². The molecule has 0 N–H and O–H groups in total. The van der Waals surface area contributed by atoms with Gasteiger partial charge in [0, 0.05) is 25.4 Å². The lowest BCUT2D eigenvalue weighted by atomic mass is 9.90. The summed E-state index contributed by atoms with van der Waals surface area (Å²) in [5.41, 5.74) is 2.08. The van der Waals surface area contributed by atoms with Gasteiger partial charge in [-0.05, 0) is 17.5 Å². The van der Waals surface area contributed by atoms with Gasteiger partial charge in [0.2, 0.25) is 0 Å². The Hall–Kier alpha value is -2.62. The lowest BCUT2D eigenvalue weighted by Crippen LogP contribution is -2.45. The Morgan fingerprint density at radius 1 is 1.00 bits per heavy atom. The molecule has 2 aromatic carbocycles. The fourth-order valence-corrected chi connectivity index (χ4v) is 2.96. The predicted octanol–water partition coefficient (Wildman–Crippen LogP) is 3.46. The number of amides is 1. The lowest BCUT2D eigenvalue weighted by Gasteiger charge is -2.31. The number of nitrogens with zero attached hydrogens (tertiary/aromatic N) is 1. The van der Waals surface area contributed by atoms with Crippen LogP contribution in [0.1, 0.15) is 17.5 Å². The van der Waals surface area contributed by atoms with E-state index in [0.717, 1.165) is 11.1 Å². The molecule has 0 bridgehead atoms. The highest BCUT2D eigenvalue weighted by molar-refractivity contribution is 5.84. The molecule has 1 amide bonds. The first kappa shape index (κ1) is 16.2. The molecule has 3 rings (SSSR count). The highest BCUT2D eigenvalue weighted by Crippen LogP contribution is 2.19. The van der Waals surface area contributed by atoms with E-state index in [1.807, 2.05) is 60.7 Å². The number of piperidine rings is 1. The molecule has 0 spiro atoms. The molecule has 0 saturated carbocycles. The van der Waals surface area contributed by atoms with Gasteiger partial charge < -0.3 is 9.64 Å². The van der Waals surface area contributed by atoms with E-state index in [0.29, 0.717) is 25.9 Å². The molecule has 24 heavy (non-hydrogen) atoms. The average molecular weight is 323 g/mol. The monoisotopic (exact) mass is 323 g/mol. The van der Waals surface area contributed by atoms with Gasteiger partial charge in [0.1, 0.15) is 12.4 Å². The fraction of sp³-hybridized carbons (Fsp3) is 0.300. The zero-order chi connectivity index (χ0) is 16.8. The maximum Gasteiger partial charge on any atom is 0.410 e. The number of likely N-dealkylation sites (tertiary alicyclic amines) is 1. The van der Waals surface area contributed by atoms with Gasteiger partial charge in [-0.25, -0.2) is 4.79 Å². The molecule has 1 fully saturated rings. The highest BCUT2D eigenvalue weighted by atomic mass is 16.6. The van der Waals surface area contributed by atoms with Crippen LogP contribution in [0.3, 0.4) is 0 Å². The van der Waals surface area contributed by atoms with Crippen LogP contribution in [0.25, 0.3) is 0 Å². The Morgan fingerprint density at radius 3 is 2.29 bits per heavy atom. The van der Waals surface area contributed by atoms with Crippen molar-refractivity contribution in [1.29, 1.82) is 0 Å². The second-order valence-corrected chi connectivity index (χ2v) is 6.09. The van der Waals surface area contributed by atoms with Crippen molar-refractivity contribution < 1.29 is 14.3 Å². The SMILES string of the molecule is O=C1CCN(C(=O)OCc2ccccc2)C[C@@H]1Cc1ccccc1. The van der Waals surface area contributed by atoms with E-state index in [1.165, 1.54) is 0 Å². The second kappa shape index (κ2) is 7.77. The minimum atomic E-state index is -0.343. The van der Waals surface area contributed by atoms with Crippen LogP contribution in [0.2, 0.25) is 0 Å². The van der Waals surface area contributed by atoms with E-state index in [2.05, 4.69) is 0 Å². The third-order valence-corrected chi connectivity index (χ3v) is 4.31. The molecule has 0 aliphatic carbocycles. The summed E-state index contributed by atoms with van der Waals surface area (Å²) in [7, 11) is 0. The van der Waals surface area contributed by atoms with Crippen LogP contribution in [0, 0.1) is 5.92 Å². The van der Waals surface area contributed by atoms with E-state index in [1.54, 1.807) is 4.90 Å². The standard InChI is InChI=1S/C20H21NO3/c22-19-11-12-21(14-18(19)13-16-7-3-1-4-8-16)20(23)24-15-17-9-5-2-6-10-17/h1-10,18H,11-15H2/t18-/m0/s1. The lowest BCUT2D eigenvalue weighted by molar-refractivity contribution is -0.125. The normalized spacial score (nSPS) is 17.6. The van der Waals surface area contributed by atoms with Gasteiger partial charge in [-0.3, -0.25) is 4.79 Å². The van der Waals surface area contributed by atoms with Crippen LogP contribution in [-0.4, -0.2) is 29.9 Å². The van der Waals surface area contributed by atoms with E-state index in [9.17, 15) is 9.59 Å². The molecule has 124 valence electrons. The zero-order valence-electron chi connectivity index (χ0n) is 13.6. The molecule has 0 radical (unpaired) electrons. The van der Waals surface area contributed by atoms with Crippen molar-refractivity contribution in [3.05, 3.63) is 71.8 Å². The quantitative estimate of drug-likeness (QED) is 0.866. The molecule has 1 heterocycles. The maximum atomic E-state index is 12.3. The number of rotatable bonds is 4. The van der Waals surface area contributed by atoms with Crippen LogP contribution in [-0.2, 0) is 22.6 Å². The van der Waals surface area contributed by atoms with Gasteiger partial charge in [-0.1, -0.05) is 60.7 Å². The number of carbonyl (C=O) groups excluding carboxylic acids is 2. The summed E-state index contributed by atoms with van der Waals surface area (Å²) in [6.45, 7) is 1.13. The molecule has 4 nitrogen and oxygen atoms in total. The van der Waals surface area contributed by atoms with Crippen LogP contribution in [0.5, 0.6) is 0 Å². The molecule has 1 aliphatic heterocycles. The third-order valence-electron chi connectivity index (χ3n) is 4.31. The summed E-state index contributed by atoms with van der Waals surface area (Å²) in [5, 5.41) is 0. The largest absolute Gasteiger partial charge is 0.445 e. The number of ketones is 1. The fourth-order valence-electron chi connectivity index (χ4n) is 2.96. The van der Waals surface area contributed by atoms with Gasteiger partial charge >= 0.3 is 6.09 Å². The van der Waals surface area contributed by atoms with Crippen molar-refractivity contribution in [2.45, 2.75) is 19.4 Å². The first-order valence-electron chi connectivity index (χ1n) is 8.24. The molecule has 0 aromatic heterocycles. The van der Waals surface area contributed by atoms with E-state index in [-0.39, 0.29) is 24.4 Å². The predicted molar refractivity (Wildman–Crippen MR) is 91.5 cm³/mol. The van der Waals surface area contributed by atoms with E-state index in [4.69, 9.17) is 4.74 Å². The van der Waals surface area contributed by atoms with Crippen LogP contribution in [0.4, 0.5) is 4.79 Å². The van der Waals surface area contributed by atoms with Gasteiger partial charge in [0.25, 0.3) is 0 Å². The number of hydrogen-bond acceptors (Lipinski definition) is 3. The highest BCUT2D eigenvalue weighted by Gasteiger charge is 2.30. The second-order valence-electron chi connectivity index (χ2n) is 6.09. The minimum Gasteiger partial charge on any atom is -0.445 e. The van der Waals surface area contributed by atoms with Gasteiger partial charge in [-0.15, -0.1) is 0 Å². The summed E-state index contributed by atoms with van der Waals surface area (Å²) in [5.74, 6) is 0.0800. The molecular weight excluding hydrogens is 302 g/mol. The zero-order valence-corrected chi connectivity index (χ0v) is 13.6. The van der Waals surface area contributed by atoms with Crippen molar-refractivity contribution in [2.24, 2.45) is 5.92 Å². The summed E-state index contributed by atoms with van der Waals surface area (Å²) >= 11 is 0. The molecule has 4 heteroatoms. The molecule has 1 saturated heterocycles. The van der Waals surface area contributed by atoms with Gasteiger partial charge in [-0.2, -0.15) is 0 Å². The van der Waals surface area contributed by atoms with Crippen molar-refractivity contribution in [3.8, 4) is 0 Å². The van der Waals surface area contributed by atoms with Crippen LogP contribution < -0.4 is 0 Å². The Labute approximate surface area is 142 Å². The first-order valence-corrected chi connectivity index (χ1v) is 8.24. The average Bonchev–Trinajstić information content (AvgIpc) is 2.63. The number of carbonyl (C=O) groups is 2. The number of benzene rings is 2. The van der Waals surface area contributed by atoms with Gasteiger partial charge in [0.05, 0.1) is 0 Å². The van der Waals surface area contributed by atoms with Crippen LogP contribution >= 0.6 is 0 Å². The molecule has 0 unspecified atom stereocenters. The number of hydrogen-bond donors (Lipinski definition) is 0. The Kier molecular flexibility index (Phi) is 5.26. The summed E-state index contributed by atoms with van der Waals surface area (Å²) < 4.78 is 5.38. The Morgan fingerprint density at radius 2 is 1.62 bits per heavy atom. The topological polar surface area (TPSA) is 46.6 Å². The molecule has 2 aromatic rings. The maximum absolute atomic E-state index is 12.3. The molecule has 1 atom stereocenters. The Bertz CT molecular complexity index is 685. The summed E-state index contributed by atoms with van der Waals surface area (Å²) in [4.78, 5) is 26.1. The summed E-state index contributed by atoms with van der Waals surface area (Å²) in [6.07, 6.45) is 0.726. The molecular formula is C20H21NO3. The number of Topliss-reactive ketones (excluding diaryl/α,β-unsaturated/α-hetero) is 1. The van der Waals surface area contributed by atoms with Gasteiger partial charge in [0.15, 0.2) is 0 Å². The first-order chi connectivity index (χ1) is 11.7. The van der Waals surface area contributed by atoms with Crippen molar-refractivity contribution in [1.82, 2.24) is 4.90 Å². The van der Waals surface area contributed by atoms with E-state index >= 15 is 0 Å². The van der Waals surface area contributed by atoms with Crippen molar-refractivity contribution in [2.75, 3.05) is 13.1 Å². The minimum absolute atomic E-state index is 0.148. The number of ether oxygens (including phenoxy) is 1. The smallest absolute Gasteiger partial charge is 0.410 e. The van der Waals surface area contributed by atoms with Crippen molar-refractivity contribution in [3.63, 3.8) is 0 Å².